The van der Waals surface area contributed by atoms with Crippen molar-refractivity contribution in [3.8, 4) is 11.5 Å². The van der Waals surface area contributed by atoms with E-state index >= 15 is 0 Å². The zero-order valence-electron chi connectivity index (χ0n) is 9.27. The fourth-order valence-electron chi connectivity index (χ4n) is 1.62. The standard InChI is InChI=1S/C11H11FN2O4/c12-5-3-9-6(4-7(5)15)14-11(17)8(18-9)1-2-10(13)16/h3-4,8,15H,1-2H2,(H2,13,16)(H,14,17)/t8-/m1/s1. The Morgan fingerprint density at radius 1 is 1.56 bits per heavy atom. The van der Waals surface area contributed by atoms with E-state index < -0.39 is 29.5 Å². The van der Waals surface area contributed by atoms with Crippen LogP contribution >= 0.6 is 0 Å². The highest BCUT2D eigenvalue weighted by molar-refractivity contribution is 5.98. The second-order valence-corrected chi connectivity index (χ2v) is 3.90. The molecule has 0 saturated carbocycles. The van der Waals surface area contributed by atoms with Gasteiger partial charge in [-0.2, -0.15) is 0 Å². The molecule has 1 aromatic rings. The quantitative estimate of drug-likeness (QED) is 0.730. The van der Waals surface area contributed by atoms with Crippen molar-refractivity contribution in [3.05, 3.63) is 17.9 Å². The summed E-state index contributed by atoms with van der Waals surface area (Å²) in [4.78, 5) is 22.2. The summed E-state index contributed by atoms with van der Waals surface area (Å²) in [7, 11) is 0. The first-order valence-corrected chi connectivity index (χ1v) is 5.25. The van der Waals surface area contributed by atoms with Crippen molar-refractivity contribution in [1.29, 1.82) is 0 Å². The maximum atomic E-state index is 13.1. The van der Waals surface area contributed by atoms with Gasteiger partial charge in [0.15, 0.2) is 17.7 Å². The summed E-state index contributed by atoms with van der Waals surface area (Å²) in [5.74, 6) is -2.32. The Morgan fingerprint density at radius 2 is 2.28 bits per heavy atom. The normalized spacial score (nSPS) is 17.6. The molecular formula is C11H11FN2O4. The predicted molar refractivity (Wildman–Crippen MR) is 59.5 cm³/mol. The number of hydrogen-bond acceptors (Lipinski definition) is 4. The number of phenols is 1. The molecule has 1 heterocycles. The van der Waals surface area contributed by atoms with Gasteiger partial charge in [-0.3, -0.25) is 9.59 Å². The van der Waals surface area contributed by atoms with Crippen molar-refractivity contribution in [2.24, 2.45) is 5.73 Å². The van der Waals surface area contributed by atoms with Crippen molar-refractivity contribution >= 4 is 17.5 Å². The van der Waals surface area contributed by atoms with Crippen molar-refractivity contribution in [3.63, 3.8) is 0 Å². The number of anilines is 1. The van der Waals surface area contributed by atoms with E-state index in [0.717, 1.165) is 12.1 Å². The molecule has 2 rings (SSSR count). The van der Waals surface area contributed by atoms with E-state index in [1.165, 1.54) is 0 Å². The largest absolute Gasteiger partial charge is 0.505 e. The monoisotopic (exact) mass is 254 g/mol. The molecule has 6 nitrogen and oxygen atoms in total. The van der Waals surface area contributed by atoms with Gasteiger partial charge in [-0.1, -0.05) is 0 Å². The van der Waals surface area contributed by atoms with Crippen LogP contribution in [-0.2, 0) is 9.59 Å². The van der Waals surface area contributed by atoms with Crippen LogP contribution < -0.4 is 15.8 Å². The molecule has 7 heteroatoms. The van der Waals surface area contributed by atoms with Gasteiger partial charge in [0.25, 0.3) is 5.91 Å². The first kappa shape index (κ1) is 12.2. The molecule has 0 saturated heterocycles. The van der Waals surface area contributed by atoms with E-state index in [1.54, 1.807) is 0 Å². The molecule has 1 aliphatic rings. The van der Waals surface area contributed by atoms with Gasteiger partial charge in [0.1, 0.15) is 5.75 Å². The second-order valence-electron chi connectivity index (χ2n) is 3.90. The van der Waals surface area contributed by atoms with Crippen LogP contribution in [0, 0.1) is 5.82 Å². The average molecular weight is 254 g/mol. The molecular weight excluding hydrogens is 243 g/mol. The number of carbonyl (C=O) groups is 2. The van der Waals surface area contributed by atoms with Crippen LogP contribution in [0.4, 0.5) is 10.1 Å². The Kier molecular flexibility index (Phi) is 3.05. The van der Waals surface area contributed by atoms with Crippen LogP contribution in [-0.4, -0.2) is 23.0 Å². The minimum Gasteiger partial charge on any atom is -0.505 e. The first-order valence-electron chi connectivity index (χ1n) is 5.25. The predicted octanol–water partition coefficient (Wildman–Crippen LogP) is 0.496. The summed E-state index contributed by atoms with van der Waals surface area (Å²) in [6.45, 7) is 0. The third-order valence-corrected chi connectivity index (χ3v) is 2.52. The van der Waals surface area contributed by atoms with E-state index in [2.05, 4.69) is 5.32 Å². The lowest BCUT2D eigenvalue weighted by atomic mass is 10.1. The Hall–Kier alpha value is -2.31. The summed E-state index contributed by atoms with van der Waals surface area (Å²) in [5.41, 5.74) is 5.16. The van der Waals surface area contributed by atoms with E-state index in [1.807, 2.05) is 0 Å². The number of hydrogen-bond donors (Lipinski definition) is 3. The van der Waals surface area contributed by atoms with E-state index in [9.17, 15) is 14.0 Å². The van der Waals surface area contributed by atoms with Crippen LogP contribution in [0.2, 0.25) is 0 Å². The van der Waals surface area contributed by atoms with Gasteiger partial charge in [-0.05, 0) is 0 Å². The van der Waals surface area contributed by atoms with Crippen LogP contribution in [0.5, 0.6) is 11.5 Å². The minimum absolute atomic E-state index is 0.00597. The Balaban J connectivity index is 2.19. The molecule has 0 unspecified atom stereocenters. The van der Waals surface area contributed by atoms with E-state index in [4.69, 9.17) is 15.6 Å². The van der Waals surface area contributed by atoms with Gasteiger partial charge in [0.05, 0.1) is 5.69 Å². The zero-order chi connectivity index (χ0) is 13.3. The number of fused-ring (bicyclic) bond motifs is 1. The van der Waals surface area contributed by atoms with Gasteiger partial charge in [0.2, 0.25) is 5.91 Å². The Labute approximate surface area is 102 Å². The number of rotatable bonds is 3. The molecule has 18 heavy (non-hydrogen) atoms. The highest BCUT2D eigenvalue weighted by atomic mass is 19.1. The Bertz CT molecular complexity index is 518. The van der Waals surface area contributed by atoms with Crippen LogP contribution in [0.1, 0.15) is 12.8 Å². The number of ether oxygens (including phenoxy) is 1. The molecule has 4 N–H and O–H groups in total. The van der Waals surface area contributed by atoms with Crippen LogP contribution in [0.15, 0.2) is 12.1 Å². The summed E-state index contributed by atoms with van der Waals surface area (Å²) < 4.78 is 18.4. The molecule has 1 atom stereocenters. The number of benzene rings is 1. The number of aromatic hydroxyl groups is 1. The number of carbonyl (C=O) groups excluding carboxylic acids is 2. The lowest BCUT2D eigenvalue weighted by molar-refractivity contribution is -0.124. The molecule has 0 spiro atoms. The third kappa shape index (κ3) is 2.34. The fraction of sp³-hybridized carbons (Fsp3) is 0.273. The number of primary amides is 1. The molecule has 96 valence electrons. The van der Waals surface area contributed by atoms with Crippen molar-refractivity contribution in [2.45, 2.75) is 18.9 Å². The SMILES string of the molecule is NC(=O)CC[C@H]1Oc2cc(F)c(O)cc2NC1=O. The molecule has 1 aromatic carbocycles. The van der Waals surface area contributed by atoms with E-state index in [-0.39, 0.29) is 24.3 Å². The van der Waals surface area contributed by atoms with Gasteiger partial charge in [-0.15, -0.1) is 0 Å². The summed E-state index contributed by atoms with van der Waals surface area (Å²) >= 11 is 0. The first-order chi connectivity index (χ1) is 8.47. The number of halogens is 1. The van der Waals surface area contributed by atoms with Crippen LogP contribution in [0.25, 0.3) is 0 Å². The van der Waals surface area contributed by atoms with Crippen molar-refractivity contribution in [2.75, 3.05) is 5.32 Å². The lowest BCUT2D eigenvalue weighted by Gasteiger charge is -2.25. The number of phenolic OH excluding ortho intramolecular Hbond substituents is 1. The molecule has 0 fully saturated rings. The maximum Gasteiger partial charge on any atom is 0.265 e. The Morgan fingerprint density at radius 3 is 2.94 bits per heavy atom. The van der Waals surface area contributed by atoms with Crippen LogP contribution in [0.3, 0.4) is 0 Å². The fourth-order valence-corrected chi connectivity index (χ4v) is 1.62. The third-order valence-electron chi connectivity index (χ3n) is 2.52. The molecule has 2 amide bonds. The molecule has 0 radical (unpaired) electrons. The molecule has 1 aliphatic heterocycles. The van der Waals surface area contributed by atoms with Crippen molar-refractivity contribution < 1.29 is 23.8 Å². The van der Waals surface area contributed by atoms with Gasteiger partial charge < -0.3 is 20.9 Å². The van der Waals surface area contributed by atoms with E-state index in [0.29, 0.717) is 0 Å². The van der Waals surface area contributed by atoms with Gasteiger partial charge in [0, 0.05) is 25.0 Å². The average Bonchev–Trinajstić information content (AvgIpc) is 2.29. The summed E-state index contributed by atoms with van der Waals surface area (Å²) in [6, 6.07) is 2.04. The maximum absolute atomic E-state index is 13.1. The number of amides is 2. The van der Waals surface area contributed by atoms with Gasteiger partial charge >= 0.3 is 0 Å². The minimum atomic E-state index is -0.894. The summed E-state index contributed by atoms with van der Waals surface area (Å²) in [5, 5.41) is 11.6. The molecule has 0 aliphatic carbocycles. The number of nitrogens with one attached hydrogen (secondary N) is 1. The molecule has 0 aromatic heterocycles. The summed E-state index contributed by atoms with van der Waals surface area (Å²) in [6.07, 6.45) is -0.786. The second kappa shape index (κ2) is 4.52. The van der Waals surface area contributed by atoms with Crippen molar-refractivity contribution in [1.82, 2.24) is 0 Å². The topological polar surface area (TPSA) is 102 Å². The van der Waals surface area contributed by atoms with Gasteiger partial charge in [-0.25, -0.2) is 4.39 Å². The highest BCUT2D eigenvalue weighted by Gasteiger charge is 2.28. The zero-order valence-corrected chi connectivity index (χ0v) is 9.27. The highest BCUT2D eigenvalue weighted by Crippen LogP contribution is 2.35. The smallest absolute Gasteiger partial charge is 0.265 e. The number of nitrogens with two attached hydrogens (primary N) is 1. The molecule has 0 bridgehead atoms. The lowest BCUT2D eigenvalue weighted by Crippen LogP contribution is -2.37.